The predicted molar refractivity (Wildman–Crippen MR) is 152 cm³/mol. The molecule has 7 heteroatoms. The summed E-state index contributed by atoms with van der Waals surface area (Å²) >= 11 is 0. The van der Waals surface area contributed by atoms with E-state index in [-0.39, 0.29) is 11.6 Å². The summed E-state index contributed by atoms with van der Waals surface area (Å²) in [5.74, 6) is 1.05. The average Bonchev–Trinajstić information content (AvgIpc) is 2.94. The van der Waals surface area contributed by atoms with Gasteiger partial charge in [-0.1, -0.05) is 68.3 Å². The molecule has 0 radical (unpaired) electrons. The zero-order valence-electron chi connectivity index (χ0n) is 22.6. The molecule has 0 bridgehead atoms. The molecule has 0 fully saturated rings. The van der Waals surface area contributed by atoms with E-state index in [9.17, 15) is 9.59 Å². The van der Waals surface area contributed by atoms with Crippen LogP contribution in [0.15, 0.2) is 77.6 Å². The normalized spacial score (nSPS) is 11.8. The van der Waals surface area contributed by atoms with Crippen molar-refractivity contribution in [2.45, 2.75) is 52.6 Å². The number of aryl methyl sites for hydroxylation is 1. The molecule has 38 heavy (non-hydrogen) atoms. The first-order chi connectivity index (χ1) is 18.4. The molecule has 4 aromatic rings. The lowest BCUT2D eigenvalue weighted by Crippen LogP contribution is -2.43. The number of ether oxygens (including phenoxy) is 1. The van der Waals surface area contributed by atoms with Crippen molar-refractivity contribution in [1.82, 2.24) is 19.8 Å². The van der Waals surface area contributed by atoms with Crippen LogP contribution in [0.3, 0.4) is 0 Å². The Hall–Kier alpha value is -4.13. The SMILES string of the molecule is CCCCCN(C(=O)NCc1ccccc1)C(C)c1nc2ccccc2c(=O)n1-c1cc(C)ccc1OC. The Kier molecular flexibility index (Phi) is 8.79. The number of nitrogens with zero attached hydrogens (tertiary/aromatic N) is 3. The van der Waals surface area contributed by atoms with Crippen LogP contribution < -0.4 is 15.6 Å². The zero-order valence-corrected chi connectivity index (χ0v) is 22.6. The maximum atomic E-state index is 13.9. The number of amides is 2. The second-order valence-electron chi connectivity index (χ2n) is 9.52. The van der Waals surface area contributed by atoms with Crippen molar-refractivity contribution in [3.63, 3.8) is 0 Å². The molecule has 0 aliphatic rings. The highest BCUT2D eigenvalue weighted by Crippen LogP contribution is 2.29. The van der Waals surface area contributed by atoms with Crippen LogP contribution in [0.25, 0.3) is 16.6 Å². The molecule has 3 aromatic carbocycles. The van der Waals surface area contributed by atoms with Crippen LogP contribution in [-0.4, -0.2) is 34.1 Å². The van der Waals surface area contributed by atoms with Crippen molar-refractivity contribution in [2.75, 3.05) is 13.7 Å². The number of unbranched alkanes of at least 4 members (excludes halogenated alkanes) is 2. The fourth-order valence-corrected chi connectivity index (χ4v) is 4.66. The van der Waals surface area contributed by atoms with Gasteiger partial charge in [-0.15, -0.1) is 0 Å². The van der Waals surface area contributed by atoms with E-state index in [4.69, 9.17) is 9.72 Å². The van der Waals surface area contributed by atoms with Crippen molar-refractivity contribution in [2.24, 2.45) is 0 Å². The third-order valence-corrected chi connectivity index (χ3v) is 6.77. The standard InChI is InChI=1S/C31H36N4O3/c1-5-6-12-19-34(31(37)32-21-24-13-8-7-9-14-24)23(3)29-33-26-16-11-10-15-25(26)30(36)35(29)27-20-22(2)17-18-28(27)38-4/h7-11,13-18,20,23H,5-6,12,19,21H2,1-4H3,(H,32,37). The molecule has 0 saturated heterocycles. The number of rotatable bonds is 10. The third-order valence-electron chi connectivity index (χ3n) is 6.77. The Balaban J connectivity index is 1.82. The van der Waals surface area contributed by atoms with Gasteiger partial charge in [0, 0.05) is 13.1 Å². The number of carbonyl (C=O) groups excluding carboxylic acids is 1. The second-order valence-corrected chi connectivity index (χ2v) is 9.52. The minimum atomic E-state index is -0.481. The molecule has 1 heterocycles. The van der Waals surface area contributed by atoms with Crippen molar-refractivity contribution in [1.29, 1.82) is 0 Å². The summed E-state index contributed by atoms with van der Waals surface area (Å²) in [5.41, 5.74) is 3.02. The highest BCUT2D eigenvalue weighted by Gasteiger charge is 2.27. The number of fused-ring (bicyclic) bond motifs is 1. The Bertz CT molecular complexity index is 1450. The monoisotopic (exact) mass is 512 g/mol. The zero-order chi connectivity index (χ0) is 27.1. The Morgan fingerprint density at radius 1 is 1.05 bits per heavy atom. The van der Waals surface area contributed by atoms with E-state index in [0.29, 0.717) is 41.3 Å². The number of aromatic nitrogens is 2. The van der Waals surface area contributed by atoms with Crippen LogP contribution in [0.1, 0.15) is 56.1 Å². The number of benzene rings is 3. The third kappa shape index (κ3) is 5.88. The summed E-state index contributed by atoms with van der Waals surface area (Å²) in [6, 6.07) is 22.2. The molecule has 198 valence electrons. The van der Waals surface area contributed by atoms with Crippen LogP contribution in [0, 0.1) is 6.92 Å². The van der Waals surface area contributed by atoms with E-state index in [1.807, 2.05) is 80.6 Å². The van der Waals surface area contributed by atoms with Crippen LogP contribution in [-0.2, 0) is 6.54 Å². The minimum Gasteiger partial charge on any atom is -0.495 e. The van der Waals surface area contributed by atoms with Crippen molar-refractivity contribution >= 4 is 16.9 Å². The van der Waals surface area contributed by atoms with Gasteiger partial charge >= 0.3 is 6.03 Å². The summed E-state index contributed by atoms with van der Waals surface area (Å²) in [7, 11) is 1.59. The molecular weight excluding hydrogens is 476 g/mol. The first-order valence-electron chi connectivity index (χ1n) is 13.2. The smallest absolute Gasteiger partial charge is 0.318 e. The van der Waals surface area contributed by atoms with Gasteiger partial charge in [0.25, 0.3) is 5.56 Å². The summed E-state index contributed by atoms with van der Waals surface area (Å²) in [5, 5.41) is 3.58. The molecule has 1 N–H and O–H groups in total. The topological polar surface area (TPSA) is 76.5 Å². The second kappa shape index (κ2) is 12.4. The maximum Gasteiger partial charge on any atom is 0.318 e. The molecule has 0 saturated carbocycles. The predicted octanol–water partition coefficient (Wildman–Crippen LogP) is 6.17. The van der Waals surface area contributed by atoms with E-state index in [0.717, 1.165) is 30.4 Å². The quantitative estimate of drug-likeness (QED) is 0.258. The summed E-state index contributed by atoms with van der Waals surface area (Å²) < 4.78 is 7.26. The lowest BCUT2D eigenvalue weighted by Gasteiger charge is -2.31. The van der Waals surface area contributed by atoms with Gasteiger partial charge in [-0.3, -0.25) is 9.36 Å². The van der Waals surface area contributed by atoms with Gasteiger partial charge in [0.2, 0.25) is 0 Å². The van der Waals surface area contributed by atoms with Crippen LogP contribution >= 0.6 is 0 Å². The lowest BCUT2D eigenvalue weighted by molar-refractivity contribution is 0.173. The van der Waals surface area contributed by atoms with E-state index < -0.39 is 6.04 Å². The van der Waals surface area contributed by atoms with E-state index in [1.165, 1.54) is 0 Å². The fourth-order valence-electron chi connectivity index (χ4n) is 4.66. The Morgan fingerprint density at radius 3 is 2.53 bits per heavy atom. The first kappa shape index (κ1) is 26.9. The number of para-hydroxylation sites is 1. The van der Waals surface area contributed by atoms with Gasteiger partial charge in [0.05, 0.1) is 29.7 Å². The minimum absolute atomic E-state index is 0.192. The van der Waals surface area contributed by atoms with Crippen molar-refractivity contribution < 1.29 is 9.53 Å². The molecule has 0 spiro atoms. The fraction of sp³-hybridized carbons (Fsp3) is 0.323. The summed E-state index contributed by atoms with van der Waals surface area (Å²) in [6.07, 6.45) is 2.89. The van der Waals surface area contributed by atoms with Crippen LogP contribution in [0.4, 0.5) is 4.79 Å². The molecule has 0 aliphatic heterocycles. The molecule has 1 aromatic heterocycles. The largest absolute Gasteiger partial charge is 0.495 e. The van der Waals surface area contributed by atoms with E-state index in [1.54, 1.807) is 22.6 Å². The molecule has 7 nitrogen and oxygen atoms in total. The molecule has 2 amide bonds. The average molecular weight is 513 g/mol. The summed E-state index contributed by atoms with van der Waals surface area (Å²) in [6.45, 7) is 7.00. The molecule has 1 atom stereocenters. The van der Waals surface area contributed by atoms with Crippen LogP contribution in [0.2, 0.25) is 0 Å². The number of carbonyl (C=O) groups is 1. The van der Waals surface area contributed by atoms with Crippen molar-refractivity contribution in [3.8, 4) is 11.4 Å². The molecular formula is C31H36N4O3. The Labute approximate surface area is 224 Å². The van der Waals surface area contributed by atoms with Gasteiger partial charge in [-0.25, -0.2) is 9.78 Å². The number of hydrogen-bond donors (Lipinski definition) is 1. The van der Waals surface area contributed by atoms with Gasteiger partial charge in [0.1, 0.15) is 11.6 Å². The van der Waals surface area contributed by atoms with Gasteiger partial charge in [0.15, 0.2) is 0 Å². The van der Waals surface area contributed by atoms with Crippen LogP contribution in [0.5, 0.6) is 5.75 Å². The number of nitrogens with one attached hydrogen (secondary N) is 1. The first-order valence-corrected chi connectivity index (χ1v) is 13.2. The van der Waals surface area contributed by atoms with Gasteiger partial charge in [-0.2, -0.15) is 0 Å². The van der Waals surface area contributed by atoms with Crippen molar-refractivity contribution in [3.05, 3.63) is 100 Å². The Morgan fingerprint density at radius 2 is 1.79 bits per heavy atom. The van der Waals surface area contributed by atoms with E-state index >= 15 is 0 Å². The number of urea groups is 1. The highest BCUT2D eigenvalue weighted by molar-refractivity contribution is 5.78. The van der Waals surface area contributed by atoms with Gasteiger partial charge in [-0.05, 0) is 55.7 Å². The molecule has 0 aliphatic carbocycles. The number of hydrogen-bond acceptors (Lipinski definition) is 4. The lowest BCUT2D eigenvalue weighted by atomic mass is 10.1. The summed E-state index contributed by atoms with van der Waals surface area (Å²) in [4.78, 5) is 34.3. The number of methoxy groups -OCH3 is 1. The van der Waals surface area contributed by atoms with E-state index in [2.05, 4.69) is 12.2 Å². The van der Waals surface area contributed by atoms with Gasteiger partial charge < -0.3 is 15.0 Å². The maximum absolute atomic E-state index is 13.9. The highest BCUT2D eigenvalue weighted by atomic mass is 16.5. The molecule has 1 unspecified atom stereocenters. The molecule has 4 rings (SSSR count).